The second-order valence-electron chi connectivity index (χ2n) is 10.3. The van der Waals surface area contributed by atoms with E-state index >= 15 is 0 Å². The van der Waals surface area contributed by atoms with E-state index in [1.54, 1.807) is 6.07 Å². The van der Waals surface area contributed by atoms with Gasteiger partial charge in [-0.3, -0.25) is 4.79 Å². The number of fused-ring (bicyclic) bond motifs is 1. The van der Waals surface area contributed by atoms with Gasteiger partial charge in [0.1, 0.15) is 71.0 Å². The van der Waals surface area contributed by atoms with Crippen molar-refractivity contribution >= 4 is 11.0 Å². The van der Waals surface area contributed by atoms with E-state index in [0.29, 0.717) is 5.56 Å². The van der Waals surface area contributed by atoms with Crippen molar-refractivity contribution in [3.05, 3.63) is 46.6 Å². The van der Waals surface area contributed by atoms with Gasteiger partial charge in [-0.1, -0.05) is 0 Å². The molecule has 0 amide bonds. The van der Waals surface area contributed by atoms with E-state index in [-0.39, 0.29) is 34.0 Å². The Morgan fingerprint density at radius 3 is 2.19 bits per heavy atom. The molecule has 0 saturated carbocycles. The third-order valence-corrected chi connectivity index (χ3v) is 7.40. The number of benzene rings is 2. The summed E-state index contributed by atoms with van der Waals surface area (Å²) in [4.78, 5) is 12.8. The van der Waals surface area contributed by atoms with Crippen molar-refractivity contribution in [3.8, 4) is 34.3 Å². The van der Waals surface area contributed by atoms with Crippen LogP contribution in [-0.4, -0.2) is 116 Å². The molecule has 2 aromatic carbocycles. The van der Waals surface area contributed by atoms with E-state index < -0.39 is 79.2 Å². The van der Waals surface area contributed by atoms with Gasteiger partial charge in [-0.2, -0.15) is 0 Å². The topological polar surface area (TPSA) is 238 Å². The zero-order valence-electron chi connectivity index (χ0n) is 22.9. The number of hydrogen-bond donors (Lipinski definition) is 8. The monoisotopic (exact) mass is 608 g/mol. The van der Waals surface area contributed by atoms with Crippen LogP contribution in [0.1, 0.15) is 6.92 Å². The molecular weight excluding hydrogens is 576 g/mol. The zero-order valence-corrected chi connectivity index (χ0v) is 22.9. The molecular formula is C28H32O15. The lowest BCUT2D eigenvalue weighted by atomic mass is 9.98. The standard InChI is InChI=1S/C28H32O15/c1-10-21(32)23(34)25(36)27(40-10)39-9-19-22(33)24(35)26(37)28(43-19)41-12-6-14(30)20-15(31)8-17(42-18(20)7-12)11-3-4-16(38-2)13(29)5-11/h3-8,10,19,21-30,32-37H,9H2,1-2H3/t10?,19?,21?,22?,23?,24?,25-,26?,27?,28+/m1/s1. The van der Waals surface area contributed by atoms with E-state index in [1.165, 1.54) is 32.2 Å². The van der Waals surface area contributed by atoms with Gasteiger partial charge in [-0.05, 0) is 25.1 Å². The van der Waals surface area contributed by atoms with Crippen LogP contribution in [0.3, 0.4) is 0 Å². The Labute approximate surface area is 243 Å². The van der Waals surface area contributed by atoms with E-state index in [4.69, 9.17) is 28.1 Å². The summed E-state index contributed by atoms with van der Waals surface area (Å²) < 4.78 is 32.9. The maximum absolute atomic E-state index is 12.8. The summed E-state index contributed by atoms with van der Waals surface area (Å²) >= 11 is 0. The van der Waals surface area contributed by atoms with Gasteiger partial charge in [-0.15, -0.1) is 0 Å². The van der Waals surface area contributed by atoms with Crippen LogP contribution >= 0.6 is 0 Å². The summed E-state index contributed by atoms with van der Waals surface area (Å²) in [7, 11) is 1.38. The molecule has 0 bridgehead atoms. The number of aliphatic hydroxyl groups excluding tert-OH is 6. The average Bonchev–Trinajstić information content (AvgIpc) is 2.97. The molecule has 1 aromatic heterocycles. The van der Waals surface area contributed by atoms with Gasteiger partial charge >= 0.3 is 0 Å². The summed E-state index contributed by atoms with van der Waals surface area (Å²) in [6.45, 7) is 0.953. The maximum Gasteiger partial charge on any atom is 0.229 e. The van der Waals surface area contributed by atoms with Crippen LogP contribution in [0.15, 0.2) is 45.6 Å². The third kappa shape index (κ3) is 5.99. The Hall–Kier alpha value is -3.51. The number of hydrogen-bond acceptors (Lipinski definition) is 15. The fourth-order valence-electron chi connectivity index (χ4n) is 4.92. The minimum absolute atomic E-state index is 0.0517. The first-order chi connectivity index (χ1) is 20.4. The molecule has 43 heavy (non-hydrogen) atoms. The van der Waals surface area contributed by atoms with E-state index in [2.05, 4.69) is 0 Å². The second-order valence-corrected chi connectivity index (χ2v) is 10.3. The number of aliphatic hydroxyl groups is 6. The number of rotatable bonds is 7. The van der Waals surface area contributed by atoms with Crippen LogP contribution in [0.25, 0.3) is 22.3 Å². The Morgan fingerprint density at radius 1 is 0.791 bits per heavy atom. The molecule has 15 heteroatoms. The first-order valence-electron chi connectivity index (χ1n) is 13.3. The molecule has 5 rings (SSSR count). The highest BCUT2D eigenvalue weighted by molar-refractivity contribution is 5.86. The second kappa shape index (κ2) is 12.2. The third-order valence-electron chi connectivity index (χ3n) is 7.40. The molecule has 2 aliphatic rings. The van der Waals surface area contributed by atoms with Crippen LogP contribution < -0.4 is 14.9 Å². The normalized spacial score (nSPS) is 32.9. The highest BCUT2D eigenvalue weighted by atomic mass is 16.7. The molecule has 234 valence electrons. The van der Waals surface area contributed by atoms with E-state index in [1.807, 2.05) is 0 Å². The van der Waals surface area contributed by atoms with Crippen LogP contribution in [0.2, 0.25) is 0 Å². The molecule has 15 nitrogen and oxygen atoms in total. The van der Waals surface area contributed by atoms with Crippen LogP contribution in [0.4, 0.5) is 0 Å². The average molecular weight is 609 g/mol. The highest BCUT2D eigenvalue weighted by Crippen LogP contribution is 2.35. The van der Waals surface area contributed by atoms with Gasteiger partial charge in [0.25, 0.3) is 0 Å². The fraction of sp³-hybridized carbons (Fsp3) is 0.464. The van der Waals surface area contributed by atoms with Crippen molar-refractivity contribution in [2.75, 3.05) is 13.7 Å². The predicted molar refractivity (Wildman–Crippen MR) is 143 cm³/mol. The Balaban J connectivity index is 1.36. The lowest BCUT2D eigenvalue weighted by molar-refractivity contribution is -0.318. The number of phenols is 2. The van der Waals surface area contributed by atoms with Crippen LogP contribution in [-0.2, 0) is 14.2 Å². The number of phenolic OH excluding ortho intramolecular Hbond substituents is 2. The first-order valence-corrected chi connectivity index (χ1v) is 13.3. The molecule has 3 heterocycles. The quantitative estimate of drug-likeness (QED) is 0.159. The fourth-order valence-corrected chi connectivity index (χ4v) is 4.92. The lowest BCUT2D eigenvalue weighted by Crippen LogP contribution is -2.61. The number of ether oxygens (including phenoxy) is 5. The predicted octanol–water partition coefficient (Wildman–Crippen LogP) is -1.09. The zero-order chi connectivity index (χ0) is 31.2. The Kier molecular flexibility index (Phi) is 8.80. The SMILES string of the molecule is COc1ccc(-c2cc(=O)c3c(O)cc(O[C@H]4OC(COC5OC(C)C(O)C(O)[C@H]5O)C(O)C(O)C4O)cc3o2)cc1O. The van der Waals surface area contributed by atoms with Gasteiger partial charge in [0.2, 0.25) is 6.29 Å². The Morgan fingerprint density at radius 2 is 1.49 bits per heavy atom. The van der Waals surface area contributed by atoms with E-state index in [9.17, 15) is 45.6 Å². The molecule has 10 atom stereocenters. The molecule has 2 aliphatic heterocycles. The van der Waals surface area contributed by atoms with Gasteiger partial charge in [0.15, 0.2) is 23.2 Å². The molecule has 0 radical (unpaired) electrons. The molecule has 0 aliphatic carbocycles. The number of aromatic hydroxyl groups is 2. The van der Waals surface area contributed by atoms with Crippen molar-refractivity contribution in [1.29, 1.82) is 0 Å². The van der Waals surface area contributed by atoms with Crippen molar-refractivity contribution in [1.82, 2.24) is 0 Å². The summed E-state index contributed by atoms with van der Waals surface area (Å²) in [5, 5.41) is 82.0. The first kappa shape index (κ1) is 30.9. The van der Waals surface area contributed by atoms with E-state index in [0.717, 1.165) is 12.1 Å². The summed E-state index contributed by atoms with van der Waals surface area (Å²) in [6.07, 6.45) is -15.0. The molecule has 3 aromatic rings. The highest BCUT2D eigenvalue weighted by Gasteiger charge is 2.47. The van der Waals surface area contributed by atoms with Crippen LogP contribution in [0.5, 0.6) is 23.0 Å². The molecule has 0 spiro atoms. The van der Waals surface area contributed by atoms with Gasteiger partial charge < -0.3 is 69.0 Å². The van der Waals surface area contributed by atoms with Crippen molar-refractivity contribution in [3.63, 3.8) is 0 Å². The molecule has 2 saturated heterocycles. The smallest absolute Gasteiger partial charge is 0.229 e. The minimum Gasteiger partial charge on any atom is -0.507 e. The molecule has 8 unspecified atom stereocenters. The maximum atomic E-state index is 12.8. The lowest BCUT2D eigenvalue weighted by Gasteiger charge is -2.42. The molecule has 2 fully saturated rings. The summed E-state index contributed by atoms with van der Waals surface area (Å²) in [6, 6.07) is 7.78. The number of methoxy groups -OCH3 is 1. The van der Waals surface area contributed by atoms with Crippen molar-refractivity contribution in [2.45, 2.75) is 68.3 Å². The van der Waals surface area contributed by atoms with Crippen molar-refractivity contribution < 1.29 is 69.0 Å². The molecule has 8 N–H and O–H groups in total. The summed E-state index contributed by atoms with van der Waals surface area (Å²) in [5.74, 6) is -0.605. The van der Waals surface area contributed by atoms with Gasteiger partial charge in [-0.25, -0.2) is 0 Å². The van der Waals surface area contributed by atoms with Crippen LogP contribution in [0, 0.1) is 0 Å². The largest absolute Gasteiger partial charge is 0.507 e. The van der Waals surface area contributed by atoms with Gasteiger partial charge in [0, 0.05) is 23.8 Å². The van der Waals surface area contributed by atoms with Crippen molar-refractivity contribution in [2.24, 2.45) is 0 Å². The van der Waals surface area contributed by atoms with Gasteiger partial charge in [0.05, 0.1) is 19.8 Å². The Bertz CT molecular complexity index is 1510. The summed E-state index contributed by atoms with van der Waals surface area (Å²) in [5.41, 5.74) is -0.381. The minimum atomic E-state index is -1.78.